The maximum atomic E-state index is 11.6. The molecule has 1 atom stereocenters. The Balaban J connectivity index is 2.64. The Labute approximate surface area is 93.3 Å². The van der Waals surface area contributed by atoms with Crippen molar-refractivity contribution < 1.29 is 9.90 Å². The predicted molar refractivity (Wildman–Crippen MR) is 57.9 cm³/mol. The topological polar surface area (TPSA) is 62.2 Å². The normalized spacial score (nSPS) is 12.2. The summed E-state index contributed by atoms with van der Waals surface area (Å²) in [5.41, 5.74) is 0.436. The van der Waals surface area contributed by atoms with E-state index in [1.165, 1.54) is 6.20 Å². The first-order valence-electron chi connectivity index (χ1n) is 4.70. The number of halogens is 1. The SMILES string of the molecule is CC[C@@H](CO)NC(=O)c1ccc(Cl)nc1. The number of aliphatic hydroxyl groups is 1. The van der Waals surface area contributed by atoms with Crippen molar-refractivity contribution in [2.24, 2.45) is 0 Å². The molecule has 0 radical (unpaired) electrons. The van der Waals surface area contributed by atoms with Gasteiger partial charge in [0.25, 0.3) is 5.91 Å². The molecule has 1 aromatic heterocycles. The molecule has 0 aliphatic carbocycles. The van der Waals surface area contributed by atoms with Gasteiger partial charge in [0.2, 0.25) is 0 Å². The molecule has 2 N–H and O–H groups in total. The van der Waals surface area contributed by atoms with Gasteiger partial charge in [-0.2, -0.15) is 0 Å². The molecule has 0 fully saturated rings. The number of aliphatic hydroxyl groups excluding tert-OH is 1. The Morgan fingerprint density at radius 2 is 2.40 bits per heavy atom. The zero-order valence-corrected chi connectivity index (χ0v) is 9.16. The third-order valence-corrected chi connectivity index (χ3v) is 2.26. The van der Waals surface area contributed by atoms with E-state index >= 15 is 0 Å². The summed E-state index contributed by atoms with van der Waals surface area (Å²) < 4.78 is 0. The van der Waals surface area contributed by atoms with Crippen molar-refractivity contribution in [1.29, 1.82) is 0 Å². The van der Waals surface area contributed by atoms with Crippen LogP contribution in [0.2, 0.25) is 5.15 Å². The summed E-state index contributed by atoms with van der Waals surface area (Å²) in [5.74, 6) is -0.250. The number of hydrogen-bond donors (Lipinski definition) is 2. The summed E-state index contributed by atoms with van der Waals surface area (Å²) in [7, 11) is 0. The number of hydrogen-bond acceptors (Lipinski definition) is 3. The van der Waals surface area contributed by atoms with Crippen molar-refractivity contribution in [2.45, 2.75) is 19.4 Å². The Morgan fingerprint density at radius 1 is 1.67 bits per heavy atom. The highest BCUT2D eigenvalue weighted by Gasteiger charge is 2.11. The molecule has 0 aliphatic heterocycles. The van der Waals surface area contributed by atoms with Crippen LogP contribution in [0.3, 0.4) is 0 Å². The van der Waals surface area contributed by atoms with E-state index in [2.05, 4.69) is 10.3 Å². The van der Waals surface area contributed by atoms with Gasteiger partial charge in [-0.25, -0.2) is 4.98 Å². The van der Waals surface area contributed by atoms with E-state index in [9.17, 15) is 4.79 Å². The summed E-state index contributed by atoms with van der Waals surface area (Å²) in [6.07, 6.45) is 2.09. The van der Waals surface area contributed by atoms with Gasteiger partial charge >= 0.3 is 0 Å². The first-order valence-corrected chi connectivity index (χ1v) is 5.08. The Hall–Kier alpha value is -1.13. The molecule has 1 amide bonds. The summed E-state index contributed by atoms with van der Waals surface area (Å²) in [6, 6.07) is 2.93. The van der Waals surface area contributed by atoms with E-state index in [1.807, 2.05) is 6.92 Å². The molecule has 0 aromatic carbocycles. The lowest BCUT2D eigenvalue weighted by Crippen LogP contribution is -2.36. The minimum absolute atomic E-state index is 0.0662. The van der Waals surface area contributed by atoms with Crippen LogP contribution in [0.4, 0.5) is 0 Å². The molecule has 0 spiro atoms. The van der Waals surface area contributed by atoms with Crippen LogP contribution >= 0.6 is 11.6 Å². The monoisotopic (exact) mass is 228 g/mol. The Morgan fingerprint density at radius 3 is 2.87 bits per heavy atom. The highest BCUT2D eigenvalue weighted by molar-refractivity contribution is 6.29. The number of pyridine rings is 1. The molecular formula is C10H13ClN2O2. The summed E-state index contributed by atoms with van der Waals surface area (Å²) in [6.45, 7) is 1.82. The highest BCUT2D eigenvalue weighted by Crippen LogP contribution is 2.05. The van der Waals surface area contributed by atoms with Gasteiger partial charge in [0.1, 0.15) is 5.15 Å². The third-order valence-electron chi connectivity index (χ3n) is 2.04. The lowest BCUT2D eigenvalue weighted by molar-refractivity contribution is 0.0914. The Kier molecular flexibility index (Phi) is 4.52. The summed E-state index contributed by atoms with van der Waals surface area (Å²) >= 11 is 5.59. The molecule has 15 heavy (non-hydrogen) atoms. The van der Waals surface area contributed by atoms with E-state index in [4.69, 9.17) is 16.7 Å². The number of nitrogens with one attached hydrogen (secondary N) is 1. The van der Waals surface area contributed by atoms with Crippen LogP contribution in [0.5, 0.6) is 0 Å². The number of amides is 1. The number of aromatic nitrogens is 1. The standard InChI is InChI=1S/C10H13ClN2O2/c1-2-8(6-14)13-10(15)7-3-4-9(11)12-5-7/h3-5,8,14H,2,6H2,1H3,(H,13,15)/t8-/m0/s1. The van der Waals surface area contributed by atoms with E-state index in [1.54, 1.807) is 12.1 Å². The van der Waals surface area contributed by atoms with E-state index in [0.29, 0.717) is 17.1 Å². The quantitative estimate of drug-likeness (QED) is 0.763. The van der Waals surface area contributed by atoms with Crippen LogP contribution in [-0.2, 0) is 0 Å². The molecule has 4 nitrogen and oxygen atoms in total. The van der Waals surface area contributed by atoms with E-state index in [0.717, 1.165) is 0 Å². The number of rotatable bonds is 4. The smallest absolute Gasteiger partial charge is 0.253 e. The molecule has 82 valence electrons. The molecule has 1 rings (SSSR count). The average Bonchev–Trinajstić information content (AvgIpc) is 2.26. The lowest BCUT2D eigenvalue weighted by atomic mass is 10.2. The van der Waals surface area contributed by atoms with Crippen molar-refractivity contribution in [3.05, 3.63) is 29.0 Å². The molecule has 0 saturated heterocycles. The number of carbonyl (C=O) groups is 1. The molecule has 1 aromatic rings. The zero-order valence-electron chi connectivity index (χ0n) is 8.40. The van der Waals surface area contributed by atoms with E-state index < -0.39 is 0 Å². The lowest BCUT2D eigenvalue weighted by Gasteiger charge is -2.13. The molecule has 0 bridgehead atoms. The molecule has 0 aliphatic rings. The van der Waals surface area contributed by atoms with Gasteiger partial charge in [-0.3, -0.25) is 4.79 Å². The predicted octanol–water partition coefficient (Wildman–Crippen LogP) is 1.24. The molecular weight excluding hydrogens is 216 g/mol. The van der Waals surface area contributed by atoms with Crippen molar-refractivity contribution >= 4 is 17.5 Å². The third kappa shape index (κ3) is 3.49. The van der Waals surface area contributed by atoms with Crippen molar-refractivity contribution in [1.82, 2.24) is 10.3 Å². The molecule has 1 heterocycles. The highest BCUT2D eigenvalue weighted by atomic mass is 35.5. The van der Waals surface area contributed by atoms with Crippen LogP contribution < -0.4 is 5.32 Å². The van der Waals surface area contributed by atoms with Crippen molar-refractivity contribution in [3.8, 4) is 0 Å². The maximum absolute atomic E-state index is 11.6. The second kappa shape index (κ2) is 5.68. The van der Waals surface area contributed by atoms with Gasteiger partial charge < -0.3 is 10.4 Å². The summed E-state index contributed by atoms with van der Waals surface area (Å²) in [5, 5.41) is 11.9. The van der Waals surface area contributed by atoms with Crippen molar-refractivity contribution in [3.63, 3.8) is 0 Å². The fourth-order valence-corrected chi connectivity index (χ4v) is 1.17. The summed E-state index contributed by atoms with van der Waals surface area (Å²) in [4.78, 5) is 15.4. The zero-order chi connectivity index (χ0) is 11.3. The second-order valence-corrected chi connectivity index (χ2v) is 3.52. The largest absolute Gasteiger partial charge is 0.394 e. The van der Waals surface area contributed by atoms with E-state index in [-0.39, 0.29) is 18.6 Å². The fraction of sp³-hybridized carbons (Fsp3) is 0.400. The average molecular weight is 229 g/mol. The van der Waals surface area contributed by atoms with Gasteiger partial charge in [-0.1, -0.05) is 18.5 Å². The first kappa shape index (κ1) is 11.9. The maximum Gasteiger partial charge on any atom is 0.253 e. The van der Waals surface area contributed by atoms with Crippen LogP contribution in [0, 0.1) is 0 Å². The van der Waals surface area contributed by atoms with Crippen LogP contribution in [0.15, 0.2) is 18.3 Å². The minimum atomic E-state index is -0.250. The van der Waals surface area contributed by atoms with Crippen LogP contribution in [0.1, 0.15) is 23.7 Å². The Bertz CT molecular complexity index is 323. The van der Waals surface area contributed by atoms with Crippen LogP contribution in [0.25, 0.3) is 0 Å². The minimum Gasteiger partial charge on any atom is -0.394 e. The van der Waals surface area contributed by atoms with Gasteiger partial charge in [0, 0.05) is 6.20 Å². The molecule has 5 heteroatoms. The van der Waals surface area contributed by atoms with Gasteiger partial charge in [0.05, 0.1) is 18.2 Å². The second-order valence-electron chi connectivity index (χ2n) is 3.13. The molecule has 0 saturated carbocycles. The number of nitrogens with zero attached hydrogens (tertiary/aromatic N) is 1. The van der Waals surface area contributed by atoms with Crippen LogP contribution in [-0.4, -0.2) is 28.6 Å². The first-order chi connectivity index (χ1) is 7.17. The van der Waals surface area contributed by atoms with Gasteiger partial charge in [-0.15, -0.1) is 0 Å². The van der Waals surface area contributed by atoms with Gasteiger partial charge in [0.15, 0.2) is 0 Å². The molecule has 0 unspecified atom stereocenters. The fourth-order valence-electron chi connectivity index (χ4n) is 1.06. The van der Waals surface area contributed by atoms with Crippen molar-refractivity contribution in [2.75, 3.05) is 6.61 Å². The van der Waals surface area contributed by atoms with Gasteiger partial charge in [-0.05, 0) is 18.6 Å². The number of carbonyl (C=O) groups excluding carboxylic acids is 1.